The largest absolute Gasteiger partial charge is 0.481 e. The number of benzene rings is 1. The predicted molar refractivity (Wildman–Crippen MR) is 83.4 cm³/mol. The summed E-state index contributed by atoms with van der Waals surface area (Å²) in [6.45, 7) is 3.47. The van der Waals surface area contributed by atoms with E-state index in [1.807, 2.05) is 0 Å². The van der Waals surface area contributed by atoms with E-state index in [0.717, 1.165) is 13.2 Å². The zero-order chi connectivity index (χ0) is 18.1. The van der Waals surface area contributed by atoms with Crippen LogP contribution in [-0.2, 0) is 9.53 Å². The highest BCUT2D eigenvalue weighted by atomic mass is 19.1. The molecule has 1 unspecified atom stereocenters. The smallest absolute Gasteiger partial charge is 0.341 e. The van der Waals surface area contributed by atoms with Crippen LogP contribution in [0.2, 0.25) is 0 Å². The number of aliphatic carboxylic acids is 1. The van der Waals surface area contributed by atoms with E-state index >= 15 is 0 Å². The quantitative estimate of drug-likeness (QED) is 0.824. The molecule has 0 radical (unpaired) electrons. The predicted octanol–water partition coefficient (Wildman–Crippen LogP) is 2.25. The molecule has 0 aliphatic carbocycles. The topological polar surface area (TPSA) is 95.9 Å². The average molecular weight is 338 g/mol. The van der Waals surface area contributed by atoms with Crippen molar-refractivity contribution in [3.63, 3.8) is 0 Å². The molecule has 1 aliphatic rings. The second-order valence-electron chi connectivity index (χ2n) is 6.05. The number of rotatable bonds is 3. The number of halogens is 1. The molecule has 1 atom stereocenters. The molecule has 1 saturated heterocycles. The maximum atomic E-state index is 13.8. The Morgan fingerprint density at radius 2 is 2.04 bits per heavy atom. The number of anilines is 1. The molecule has 0 aromatic heterocycles. The maximum Gasteiger partial charge on any atom is 0.341 e. The summed E-state index contributed by atoms with van der Waals surface area (Å²) in [6, 6.07) is 1.92. The van der Waals surface area contributed by atoms with Crippen LogP contribution in [0.3, 0.4) is 0 Å². The molecule has 0 bridgehead atoms. The number of hydrogen-bond acceptors (Lipinski definition) is 4. The number of urea groups is 1. The molecule has 8 heteroatoms. The van der Waals surface area contributed by atoms with Crippen molar-refractivity contribution in [3.05, 3.63) is 29.1 Å². The van der Waals surface area contributed by atoms with Gasteiger partial charge in [-0.3, -0.25) is 4.79 Å². The van der Waals surface area contributed by atoms with Gasteiger partial charge in [0, 0.05) is 18.8 Å². The third-order valence-corrected chi connectivity index (χ3v) is 4.32. The molecule has 1 aromatic rings. The van der Waals surface area contributed by atoms with Gasteiger partial charge in [-0.05, 0) is 38.0 Å². The second kappa shape index (κ2) is 6.46. The Hall–Kier alpha value is -2.64. The van der Waals surface area contributed by atoms with Crippen molar-refractivity contribution in [2.24, 2.45) is 5.41 Å². The molecule has 2 N–H and O–H groups in total. The van der Waals surface area contributed by atoms with Gasteiger partial charge >= 0.3 is 18.0 Å². The molecule has 1 fully saturated rings. The van der Waals surface area contributed by atoms with Crippen LogP contribution in [0.4, 0.5) is 14.9 Å². The van der Waals surface area contributed by atoms with Crippen molar-refractivity contribution < 1.29 is 28.6 Å². The fourth-order valence-corrected chi connectivity index (χ4v) is 2.67. The standard InChI is InChI=1S/C16H19FN2O5/c1-9-11(5-4-10(17)12(9)13(20)24-3)18-15(23)19-7-6-16(2,8-19)14(21)22/h4-5H,6-8H2,1-3H3,(H,18,23)(H,21,22). The van der Waals surface area contributed by atoms with Crippen LogP contribution >= 0.6 is 0 Å². The molecule has 1 aliphatic heterocycles. The minimum absolute atomic E-state index is 0.0816. The molecule has 7 nitrogen and oxygen atoms in total. The van der Waals surface area contributed by atoms with Gasteiger partial charge in [0.2, 0.25) is 0 Å². The van der Waals surface area contributed by atoms with Crippen LogP contribution < -0.4 is 5.32 Å². The van der Waals surface area contributed by atoms with Crippen molar-refractivity contribution in [1.82, 2.24) is 4.90 Å². The maximum absolute atomic E-state index is 13.8. The van der Waals surface area contributed by atoms with Gasteiger partial charge in [-0.2, -0.15) is 0 Å². The number of carboxylic acid groups (broad SMARTS) is 1. The molecule has 0 saturated carbocycles. The monoisotopic (exact) mass is 338 g/mol. The first-order chi connectivity index (χ1) is 11.2. The number of hydrogen-bond donors (Lipinski definition) is 2. The lowest BCUT2D eigenvalue weighted by molar-refractivity contribution is -0.146. The molecule has 24 heavy (non-hydrogen) atoms. The number of ether oxygens (including phenoxy) is 1. The number of methoxy groups -OCH3 is 1. The highest BCUT2D eigenvalue weighted by molar-refractivity contribution is 5.96. The van der Waals surface area contributed by atoms with Crippen molar-refractivity contribution in [2.75, 3.05) is 25.5 Å². The second-order valence-corrected chi connectivity index (χ2v) is 6.05. The van der Waals surface area contributed by atoms with Crippen molar-refractivity contribution in [3.8, 4) is 0 Å². The summed E-state index contributed by atoms with van der Waals surface area (Å²) in [4.78, 5) is 36.6. The lowest BCUT2D eigenvalue weighted by Gasteiger charge is -2.21. The minimum Gasteiger partial charge on any atom is -0.481 e. The third kappa shape index (κ3) is 3.17. The Kier molecular flexibility index (Phi) is 4.77. The fourth-order valence-electron chi connectivity index (χ4n) is 2.67. The van der Waals surface area contributed by atoms with Crippen LogP contribution in [0.25, 0.3) is 0 Å². The van der Waals surface area contributed by atoms with Gasteiger partial charge in [0.05, 0.1) is 12.5 Å². The lowest BCUT2D eigenvalue weighted by atomic mass is 9.90. The zero-order valence-corrected chi connectivity index (χ0v) is 13.7. The summed E-state index contributed by atoms with van der Waals surface area (Å²) >= 11 is 0. The molecular weight excluding hydrogens is 319 g/mol. The summed E-state index contributed by atoms with van der Waals surface area (Å²) in [7, 11) is 1.14. The van der Waals surface area contributed by atoms with Gasteiger partial charge in [0.1, 0.15) is 11.4 Å². The number of likely N-dealkylation sites (tertiary alicyclic amines) is 1. The SMILES string of the molecule is COC(=O)c1c(F)ccc(NC(=O)N2CCC(C)(C(=O)O)C2)c1C. The van der Waals surface area contributed by atoms with Crippen molar-refractivity contribution >= 4 is 23.7 Å². The Labute approximate surface area is 138 Å². The van der Waals surface area contributed by atoms with Crippen LogP contribution in [0.15, 0.2) is 12.1 Å². The Morgan fingerprint density at radius 1 is 1.38 bits per heavy atom. The van der Waals surface area contributed by atoms with E-state index in [9.17, 15) is 23.9 Å². The van der Waals surface area contributed by atoms with Gasteiger partial charge in [-0.25, -0.2) is 14.0 Å². The van der Waals surface area contributed by atoms with E-state index in [2.05, 4.69) is 10.1 Å². The highest BCUT2D eigenvalue weighted by Crippen LogP contribution is 2.31. The molecule has 130 valence electrons. The van der Waals surface area contributed by atoms with Crippen LogP contribution in [0, 0.1) is 18.2 Å². The summed E-state index contributed by atoms with van der Waals surface area (Å²) < 4.78 is 18.4. The molecule has 2 amide bonds. The third-order valence-electron chi connectivity index (χ3n) is 4.32. The summed E-state index contributed by atoms with van der Waals surface area (Å²) in [5, 5.41) is 11.8. The van der Waals surface area contributed by atoms with Crippen LogP contribution in [0.1, 0.15) is 29.3 Å². The molecule has 0 spiro atoms. The summed E-state index contributed by atoms with van der Waals surface area (Å²) in [6.07, 6.45) is 0.353. The van der Waals surface area contributed by atoms with Crippen molar-refractivity contribution in [2.45, 2.75) is 20.3 Å². The van der Waals surface area contributed by atoms with Crippen LogP contribution in [0.5, 0.6) is 0 Å². The number of carbonyl (C=O) groups excluding carboxylic acids is 2. The molecule has 1 heterocycles. The van der Waals surface area contributed by atoms with Crippen molar-refractivity contribution in [1.29, 1.82) is 0 Å². The lowest BCUT2D eigenvalue weighted by Crippen LogP contribution is -2.37. The Bertz CT molecular complexity index is 706. The first kappa shape index (κ1) is 17.7. The first-order valence-electron chi connectivity index (χ1n) is 7.36. The first-order valence-corrected chi connectivity index (χ1v) is 7.36. The van der Waals surface area contributed by atoms with Gasteiger partial charge in [-0.1, -0.05) is 0 Å². The van der Waals surface area contributed by atoms with E-state index < -0.39 is 29.2 Å². The number of amides is 2. The molecular formula is C16H19FN2O5. The van der Waals surface area contributed by atoms with Gasteiger partial charge in [-0.15, -0.1) is 0 Å². The number of carbonyl (C=O) groups is 3. The minimum atomic E-state index is -0.980. The van der Waals surface area contributed by atoms with Crippen LogP contribution in [-0.4, -0.2) is 48.2 Å². The Morgan fingerprint density at radius 3 is 2.58 bits per heavy atom. The summed E-state index contributed by atoms with van der Waals surface area (Å²) in [5.41, 5.74) is -0.708. The van der Waals surface area contributed by atoms with E-state index in [4.69, 9.17) is 0 Å². The molecule has 2 rings (SSSR count). The fraction of sp³-hybridized carbons (Fsp3) is 0.438. The van der Waals surface area contributed by atoms with Gasteiger partial charge in [0.25, 0.3) is 0 Å². The van der Waals surface area contributed by atoms with E-state index in [1.165, 1.54) is 17.9 Å². The highest BCUT2D eigenvalue weighted by Gasteiger charge is 2.42. The van der Waals surface area contributed by atoms with E-state index in [1.54, 1.807) is 6.92 Å². The normalized spacial score (nSPS) is 19.9. The number of nitrogens with one attached hydrogen (secondary N) is 1. The average Bonchev–Trinajstić information content (AvgIpc) is 2.94. The number of nitrogens with zero attached hydrogens (tertiary/aromatic N) is 1. The zero-order valence-electron chi connectivity index (χ0n) is 13.7. The van der Waals surface area contributed by atoms with Gasteiger partial charge in [0.15, 0.2) is 0 Å². The molecule has 1 aromatic carbocycles. The number of carboxylic acids is 1. The summed E-state index contributed by atoms with van der Waals surface area (Å²) in [5.74, 6) is -2.53. The van der Waals surface area contributed by atoms with E-state index in [0.29, 0.717) is 13.0 Å². The number of esters is 1. The van der Waals surface area contributed by atoms with Gasteiger partial charge < -0.3 is 20.1 Å². The Balaban J connectivity index is 2.19. The van der Waals surface area contributed by atoms with E-state index in [-0.39, 0.29) is 23.4 Å².